The summed E-state index contributed by atoms with van der Waals surface area (Å²) < 4.78 is 11.6. The molecule has 3 rings (SSSR count). The second-order valence-corrected chi connectivity index (χ2v) is 10.1. The van der Waals surface area contributed by atoms with Crippen LogP contribution in [0.5, 0.6) is 11.5 Å². The Morgan fingerprint density at radius 2 is 1.97 bits per heavy atom. The van der Waals surface area contributed by atoms with Gasteiger partial charge >= 0.3 is 5.97 Å². The first-order valence-electron chi connectivity index (χ1n) is 10.6. The number of phenols is 1. The molecule has 1 fully saturated rings. The Labute approximate surface area is 191 Å². The molecule has 1 aromatic rings. The van der Waals surface area contributed by atoms with E-state index in [2.05, 4.69) is 29.8 Å². The van der Waals surface area contributed by atoms with Crippen LogP contribution in [0.25, 0.3) is 0 Å². The van der Waals surface area contributed by atoms with Crippen molar-refractivity contribution in [3.63, 3.8) is 0 Å². The molecule has 1 aliphatic carbocycles. The third-order valence-electron chi connectivity index (χ3n) is 5.64. The van der Waals surface area contributed by atoms with Crippen LogP contribution in [0, 0.1) is 11.3 Å². The van der Waals surface area contributed by atoms with Gasteiger partial charge in [0.2, 0.25) is 0 Å². The summed E-state index contributed by atoms with van der Waals surface area (Å²) in [5, 5.41) is 10.4. The van der Waals surface area contributed by atoms with Gasteiger partial charge in [0.25, 0.3) is 0 Å². The van der Waals surface area contributed by atoms with Gasteiger partial charge in [0.05, 0.1) is 28.7 Å². The summed E-state index contributed by atoms with van der Waals surface area (Å²) in [5.41, 5.74) is 2.27. The van der Waals surface area contributed by atoms with Crippen LogP contribution in [0.1, 0.15) is 65.9 Å². The minimum absolute atomic E-state index is 0.0154. The number of hydrogen-bond donors (Lipinski definition) is 1. The molecule has 0 spiro atoms. The lowest BCUT2D eigenvalue weighted by atomic mass is 9.63. The fraction of sp³-hybridized carbons (Fsp3) is 0.542. The lowest BCUT2D eigenvalue weighted by Gasteiger charge is -2.41. The van der Waals surface area contributed by atoms with Gasteiger partial charge in [-0.1, -0.05) is 13.8 Å². The number of carbonyl (C=O) groups is 2. The predicted octanol–water partition coefficient (Wildman–Crippen LogP) is 5.32. The Balaban J connectivity index is 2.22. The smallest absolute Gasteiger partial charge is 0.336 e. The van der Waals surface area contributed by atoms with Crippen molar-refractivity contribution in [1.82, 2.24) is 0 Å². The number of ether oxygens (including phenoxy) is 2. The average Bonchev–Trinajstić information content (AvgIpc) is 2.62. The molecule has 31 heavy (non-hydrogen) atoms. The molecule has 1 aromatic carbocycles. The topological polar surface area (TPSA) is 85.2 Å². The van der Waals surface area contributed by atoms with Gasteiger partial charge in [-0.25, -0.2) is 4.79 Å². The van der Waals surface area contributed by atoms with E-state index in [9.17, 15) is 14.7 Å². The third kappa shape index (κ3) is 4.71. The number of carbonyl (C=O) groups excluding carboxylic acids is 2. The number of ketones is 1. The molecule has 1 heterocycles. The van der Waals surface area contributed by atoms with Crippen molar-refractivity contribution >= 4 is 33.4 Å². The van der Waals surface area contributed by atoms with Crippen LogP contribution in [0.3, 0.4) is 0 Å². The van der Waals surface area contributed by atoms with Crippen LogP contribution in [-0.4, -0.2) is 35.3 Å². The molecule has 0 amide bonds. The molecule has 1 aliphatic heterocycles. The normalized spacial score (nSPS) is 22.8. The number of phenolic OH excluding ortho intramolecular Hbond substituents is 1. The van der Waals surface area contributed by atoms with E-state index >= 15 is 0 Å². The van der Waals surface area contributed by atoms with Crippen LogP contribution in [0.2, 0.25) is 0 Å². The van der Waals surface area contributed by atoms with Gasteiger partial charge in [0, 0.05) is 23.7 Å². The second kappa shape index (κ2) is 8.77. The Morgan fingerprint density at radius 1 is 1.29 bits per heavy atom. The Hall–Kier alpha value is -2.15. The van der Waals surface area contributed by atoms with Gasteiger partial charge in [-0.2, -0.15) is 0 Å². The molecule has 0 bridgehead atoms. The lowest BCUT2D eigenvalue weighted by Crippen LogP contribution is -2.44. The van der Waals surface area contributed by atoms with Crippen molar-refractivity contribution in [1.29, 1.82) is 0 Å². The number of rotatable bonds is 5. The van der Waals surface area contributed by atoms with Crippen LogP contribution < -0.4 is 4.74 Å². The van der Waals surface area contributed by atoms with Gasteiger partial charge in [0.1, 0.15) is 5.78 Å². The molecule has 1 unspecified atom stereocenters. The average molecular weight is 492 g/mol. The highest BCUT2D eigenvalue weighted by Gasteiger charge is 2.48. The molecule has 0 radical (unpaired) electrons. The van der Waals surface area contributed by atoms with Gasteiger partial charge in [-0.15, -0.1) is 0 Å². The summed E-state index contributed by atoms with van der Waals surface area (Å²) in [6, 6.07) is 3.45. The molecular formula is C24H30BrNO5. The highest BCUT2D eigenvalue weighted by atomic mass is 79.9. The van der Waals surface area contributed by atoms with E-state index < -0.39 is 17.8 Å². The van der Waals surface area contributed by atoms with E-state index in [1.807, 2.05) is 6.92 Å². The molecule has 2 atom stereocenters. The van der Waals surface area contributed by atoms with Gasteiger partial charge in [0.15, 0.2) is 11.5 Å². The van der Waals surface area contributed by atoms with Crippen LogP contribution in [-0.2, 0) is 14.3 Å². The first-order valence-corrected chi connectivity index (χ1v) is 11.4. The quantitative estimate of drug-likeness (QED) is 0.563. The summed E-state index contributed by atoms with van der Waals surface area (Å²) in [7, 11) is 0. The zero-order valence-corrected chi connectivity index (χ0v) is 20.5. The Bertz CT molecular complexity index is 976. The first-order chi connectivity index (χ1) is 14.4. The lowest BCUT2D eigenvalue weighted by molar-refractivity contribution is -0.143. The summed E-state index contributed by atoms with van der Waals surface area (Å²) in [4.78, 5) is 31.2. The number of aliphatic imine (C=N–C) groups is 1. The van der Waals surface area contributed by atoms with Crippen molar-refractivity contribution in [2.24, 2.45) is 16.3 Å². The highest BCUT2D eigenvalue weighted by Crippen LogP contribution is 2.49. The Kier molecular flexibility index (Phi) is 6.65. The molecule has 1 saturated carbocycles. The number of fused-ring (bicyclic) bond motifs is 1. The third-order valence-corrected chi connectivity index (χ3v) is 6.24. The monoisotopic (exact) mass is 491 g/mol. The first kappa shape index (κ1) is 23.5. The number of nitrogens with zero attached hydrogens (tertiary/aromatic N) is 1. The van der Waals surface area contributed by atoms with Crippen LogP contribution >= 0.6 is 15.9 Å². The number of allylic oxidation sites excluding steroid dienone is 1. The minimum Gasteiger partial charge on any atom is -0.503 e. The van der Waals surface area contributed by atoms with Crippen LogP contribution in [0.15, 0.2) is 32.9 Å². The second-order valence-electron chi connectivity index (χ2n) is 9.28. The van der Waals surface area contributed by atoms with Crippen LogP contribution in [0.4, 0.5) is 0 Å². The summed E-state index contributed by atoms with van der Waals surface area (Å²) >= 11 is 3.39. The highest BCUT2D eigenvalue weighted by molar-refractivity contribution is 9.10. The van der Waals surface area contributed by atoms with E-state index in [1.165, 1.54) is 0 Å². The molecule has 2 aliphatic rings. The number of Topliss-reactive ketones (excluding diaryl/α,β-unsaturated/α-hetero) is 1. The number of aromatic hydroxyl groups is 1. The zero-order chi connectivity index (χ0) is 23.1. The fourth-order valence-corrected chi connectivity index (χ4v) is 4.99. The van der Waals surface area contributed by atoms with Crippen molar-refractivity contribution < 1.29 is 24.2 Å². The standard InChI is InChI=1S/C24H30BrNO5/c1-7-30-18-9-14(8-15(25)22(18)28)20-19(23(29)31-12(2)3)13(4)26-16-10-24(5,6)11-17(27)21(16)20/h8-9,12,20-21,28H,7,10-11H2,1-6H3/t20-,21?/m1/s1. The van der Waals surface area contributed by atoms with Gasteiger partial charge < -0.3 is 14.6 Å². The molecule has 7 heteroatoms. The van der Waals surface area contributed by atoms with Crippen molar-refractivity contribution in [2.75, 3.05) is 6.61 Å². The van der Waals surface area contributed by atoms with E-state index in [-0.39, 0.29) is 23.1 Å². The van der Waals surface area contributed by atoms with Crippen molar-refractivity contribution in [3.8, 4) is 11.5 Å². The Morgan fingerprint density at radius 3 is 2.58 bits per heavy atom. The van der Waals surface area contributed by atoms with E-state index in [0.29, 0.717) is 46.5 Å². The summed E-state index contributed by atoms with van der Waals surface area (Å²) in [6.07, 6.45) is 0.794. The van der Waals surface area contributed by atoms with E-state index in [1.54, 1.807) is 32.9 Å². The number of halogens is 1. The predicted molar refractivity (Wildman–Crippen MR) is 123 cm³/mol. The fourth-order valence-electron chi connectivity index (χ4n) is 4.54. The maximum atomic E-state index is 13.3. The number of benzene rings is 1. The molecule has 0 saturated heterocycles. The SMILES string of the molecule is CCOc1cc([C@@H]2C(C(=O)OC(C)C)=C(C)N=C3CC(C)(C)CC(=O)C32)cc(Br)c1O. The van der Waals surface area contributed by atoms with Crippen molar-refractivity contribution in [2.45, 2.75) is 66.4 Å². The largest absolute Gasteiger partial charge is 0.503 e. The van der Waals surface area contributed by atoms with Gasteiger partial charge in [-0.3, -0.25) is 9.79 Å². The molecule has 1 N–H and O–H groups in total. The van der Waals surface area contributed by atoms with E-state index in [4.69, 9.17) is 14.5 Å². The number of hydrogen-bond acceptors (Lipinski definition) is 6. The summed E-state index contributed by atoms with van der Waals surface area (Å²) in [6.45, 7) is 11.7. The van der Waals surface area contributed by atoms with Crippen molar-refractivity contribution in [3.05, 3.63) is 33.4 Å². The maximum Gasteiger partial charge on any atom is 0.336 e. The summed E-state index contributed by atoms with van der Waals surface area (Å²) in [5.74, 6) is -1.23. The molecule has 6 nitrogen and oxygen atoms in total. The minimum atomic E-state index is -0.557. The van der Waals surface area contributed by atoms with E-state index in [0.717, 1.165) is 5.71 Å². The number of esters is 1. The molecule has 0 aromatic heterocycles. The zero-order valence-electron chi connectivity index (χ0n) is 18.9. The maximum absolute atomic E-state index is 13.3. The van der Waals surface area contributed by atoms with Gasteiger partial charge in [-0.05, 0) is 73.2 Å². The molecular weight excluding hydrogens is 462 g/mol. The molecule has 168 valence electrons.